The van der Waals surface area contributed by atoms with Gasteiger partial charge in [0.05, 0.1) is 3.79 Å². The number of hydrogen-bond donors (Lipinski definition) is 2. The van der Waals surface area contributed by atoms with Gasteiger partial charge in [0.15, 0.2) is 0 Å². The summed E-state index contributed by atoms with van der Waals surface area (Å²) in [7, 11) is -3.93. The van der Waals surface area contributed by atoms with Crippen LogP contribution in [-0.4, -0.2) is 25.5 Å². The molecule has 2 N–H and O–H groups in total. The number of rotatable bonds is 6. The lowest BCUT2D eigenvalue weighted by Crippen LogP contribution is -2.42. The van der Waals surface area contributed by atoms with Gasteiger partial charge in [-0.1, -0.05) is 12.1 Å². The first-order valence-corrected chi connectivity index (χ1v) is 9.12. The predicted octanol–water partition coefficient (Wildman–Crippen LogP) is 2.62. The van der Waals surface area contributed by atoms with Crippen molar-refractivity contribution in [3.63, 3.8) is 0 Å². The highest BCUT2D eigenvalue weighted by Gasteiger charge is 2.26. The summed E-state index contributed by atoms with van der Waals surface area (Å²) in [5.74, 6) is -1.75. The maximum Gasteiger partial charge on any atom is 0.322 e. The zero-order valence-electron chi connectivity index (χ0n) is 11.0. The first kappa shape index (κ1) is 17.1. The number of aliphatic carboxylic acids is 1. The van der Waals surface area contributed by atoms with Crippen LogP contribution in [0.15, 0.2) is 44.4 Å². The summed E-state index contributed by atoms with van der Waals surface area (Å²) in [6.45, 7) is 0. The average molecular weight is 408 g/mol. The van der Waals surface area contributed by atoms with Crippen LogP contribution in [0.2, 0.25) is 0 Å². The van der Waals surface area contributed by atoms with Crippen LogP contribution in [0.5, 0.6) is 0 Å². The van der Waals surface area contributed by atoms with E-state index in [9.17, 15) is 22.7 Å². The third kappa shape index (κ3) is 4.35. The van der Waals surface area contributed by atoms with Crippen LogP contribution in [0.1, 0.15) is 5.56 Å². The van der Waals surface area contributed by atoms with Gasteiger partial charge in [-0.25, -0.2) is 12.8 Å². The molecule has 1 atom stereocenters. The second-order valence-electron chi connectivity index (χ2n) is 4.40. The summed E-state index contributed by atoms with van der Waals surface area (Å²) < 4.78 is 40.0. The van der Waals surface area contributed by atoms with Crippen LogP contribution < -0.4 is 4.72 Å². The molecule has 0 aliphatic heterocycles. The van der Waals surface area contributed by atoms with Gasteiger partial charge in [-0.05, 0) is 52.2 Å². The van der Waals surface area contributed by atoms with Gasteiger partial charge < -0.3 is 5.11 Å². The molecule has 0 radical (unpaired) electrons. The number of carbonyl (C=O) groups is 1. The summed E-state index contributed by atoms with van der Waals surface area (Å²) >= 11 is 4.14. The Balaban J connectivity index is 2.18. The quantitative estimate of drug-likeness (QED) is 0.770. The Kier molecular flexibility index (Phi) is 5.32. The fourth-order valence-electron chi connectivity index (χ4n) is 1.72. The van der Waals surface area contributed by atoms with E-state index in [0.717, 1.165) is 11.3 Å². The topological polar surface area (TPSA) is 83.5 Å². The summed E-state index contributed by atoms with van der Waals surface area (Å²) in [4.78, 5) is 11.3. The average Bonchev–Trinajstić information content (AvgIpc) is 2.88. The second-order valence-corrected chi connectivity index (χ2v) is 8.81. The first-order valence-electron chi connectivity index (χ1n) is 6.03. The van der Waals surface area contributed by atoms with Gasteiger partial charge in [0.1, 0.15) is 16.1 Å². The molecule has 0 aliphatic rings. The SMILES string of the molecule is O=C(O)[C@H](Cc1ccc(F)cc1)NS(=O)(=O)c1ccc(Br)s1. The maximum atomic E-state index is 12.8. The third-order valence-corrected chi connectivity index (χ3v) is 6.35. The summed E-state index contributed by atoms with van der Waals surface area (Å²) in [6.07, 6.45) is -0.0820. The molecule has 0 fully saturated rings. The molecular formula is C13H11BrFNO4S2. The first-order chi connectivity index (χ1) is 10.3. The Morgan fingerprint density at radius 3 is 2.41 bits per heavy atom. The Labute approximate surface area is 139 Å². The van der Waals surface area contributed by atoms with Gasteiger partial charge in [0.2, 0.25) is 0 Å². The molecule has 1 aromatic heterocycles. The molecule has 22 heavy (non-hydrogen) atoms. The zero-order valence-corrected chi connectivity index (χ0v) is 14.2. The van der Waals surface area contributed by atoms with Crippen molar-refractivity contribution in [2.24, 2.45) is 0 Å². The molecule has 1 aromatic carbocycles. The number of halogens is 2. The van der Waals surface area contributed by atoms with Gasteiger partial charge >= 0.3 is 5.97 Å². The van der Waals surface area contributed by atoms with E-state index in [-0.39, 0.29) is 10.6 Å². The van der Waals surface area contributed by atoms with Crippen molar-refractivity contribution in [3.05, 3.63) is 51.6 Å². The minimum atomic E-state index is -3.93. The molecule has 2 rings (SSSR count). The molecule has 118 valence electrons. The van der Waals surface area contributed by atoms with Gasteiger partial charge in [-0.3, -0.25) is 4.79 Å². The van der Waals surface area contributed by atoms with Crippen molar-refractivity contribution in [2.45, 2.75) is 16.7 Å². The molecule has 0 saturated heterocycles. The molecule has 2 aromatic rings. The predicted molar refractivity (Wildman–Crippen MR) is 83.9 cm³/mol. The van der Waals surface area contributed by atoms with Crippen LogP contribution in [0.25, 0.3) is 0 Å². The molecule has 0 unspecified atom stereocenters. The van der Waals surface area contributed by atoms with E-state index in [2.05, 4.69) is 20.7 Å². The van der Waals surface area contributed by atoms with Crippen molar-refractivity contribution < 1.29 is 22.7 Å². The molecule has 0 amide bonds. The van der Waals surface area contributed by atoms with Crippen LogP contribution in [0.4, 0.5) is 4.39 Å². The number of carboxylic acids is 1. The molecule has 0 bridgehead atoms. The fourth-order valence-corrected chi connectivity index (χ4v) is 4.94. The fraction of sp³-hybridized carbons (Fsp3) is 0.154. The molecular weight excluding hydrogens is 397 g/mol. The highest BCUT2D eigenvalue weighted by Crippen LogP contribution is 2.26. The van der Waals surface area contributed by atoms with Crippen molar-refractivity contribution in [2.75, 3.05) is 0 Å². The second kappa shape index (κ2) is 6.86. The van der Waals surface area contributed by atoms with E-state index in [1.807, 2.05) is 0 Å². The Hall–Kier alpha value is -1.29. The van der Waals surface area contributed by atoms with Crippen molar-refractivity contribution in [3.8, 4) is 0 Å². The molecule has 0 saturated carbocycles. The van der Waals surface area contributed by atoms with Crippen molar-refractivity contribution in [1.82, 2.24) is 4.72 Å². The monoisotopic (exact) mass is 407 g/mol. The smallest absolute Gasteiger partial charge is 0.322 e. The summed E-state index contributed by atoms with van der Waals surface area (Å²) in [6, 6.07) is 6.83. The third-order valence-electron chi connectivity index (χ3n) is 2.76. The highest BCUT2D eigenvalue weighted by molar-refractivity contribution is 9.11. The lowest BCUT2D eigenvalue weighted by atomic mass is 10.1. The Bertz CT molecular complexity index is 774. The largest absolute Gasteiger partial charge is 0.480 e. The molecule has 1 heterocycles. The molecule has 0 aliphatic carbocycles. The van der Waals surface area contributed by atoms with Gasteiger partial charge in [-0.15, -0.1) is 11.3 Å². The lowest BCUT2D eigenvalue weighted by Gasteiger charge is -2.14. The van der Waals surface area contributed by atoms with Crippen molar-refractivity contribution in [1.29, 1.82) is 0 Å². The van der Waals surface area contributed by atoms with Gasteiger partial charge in [0.25, 0.3) is 10.0 Å². The van der Waals surface area contributed by atoms with Crippen molar-refractivity contribution >= 4 is 43.3 Å². The zero-order chi connectivity index (χ0) is 16.3. The van der Waals surface area contributed by atoms with Crippen LogP contribution in [0.3, 0.4) is 0 Å². The van der Waals surface area contributed by atoms with Crippen LogP contribution in [-0.2, 0) is 21.2 Å². The number of benzene rings is 1. The van der Waals surface area contributed by atoms with E-state index in [1.54, 1.807) is 6.07 Å². The standard InChI is InChI=1S/C13H11BrFNO4S2/c14-11-5-6-12(21-11)22(19,20)16-10(13(17)18)7-8-1-3-9(15)4-2-8/h1-6,10,16H,7H2,(H,17,18)/t10-/m0/s1. The summed E-state index contributed by atoms with van der Waals surface area (Å²) in [5, 5.41) is 9.20. The summed E-state index contributed by atoms with van der Waals surface area (Å²) in [5.41, 5.74) is 0.517. The number of carboxylic acid groups (broad SMARTS) is 1. The van der Waals surface area contributed by atoms with Crippen LogP contribution in [0, 0.1) is 5.82 Å². The minimum Gasteiger partial charge on any atom is -0.480 e. The molecule has 9 heteroatoms. The maximum absolute atomic E-state index is 12.8. The highest BCUT2D eigenvalue weighted by atomic mass is 79.9. The van der Waals surface area contributed by atoms with E-state index >= 15 is 0 Å². The van der Waals surface area contributed by atoms with E-state index in [0.29, 0.717) is 9.35 Å². The number of nitrogens with one attached hydrogen (secondary N) is 1. The number of sulfonamides is 1. The minimum absolute atomic E-state index is 0.0183. The normalized spacial score (nSPS) is 13.0. The Morgan fingerprint density at radius 1 is 1.27 bits per heavy atom. The number of hydrogen-bond acceptors (Lipinski definition) is 4. The van der Waals surface area contributed by atoms with E-state index < -0.39 is 27.9 Å². The Morgan fingerprint density at radius 2 is 1.91 bits per heavy atom. The van der Waals surface area contributed by atoms with Gasteiger partial charge in [0, 0.05) is 0 Å². The van der Waals surface area contributed by atoms with E-state index in [1.165, 1.54) is 30.3 Å². The van der Waals surface area contributed by atoms with Crippen LogP contribution >= 0.6 is 27.3 Å². The molecule has 0 spiro atoms. The molecule has 5 nitrogen and oxygen atoms in total. The lowest BCUT2D eigenvalue weighted by molar-refractivity contribution is -0.138. The number of thiophene rings is 1. The van der Waals surface area contributed by atoms with Gasteiger partial charge in [-0.2, -0.15) is 4.72 Å². The van der Waals surface area contributed by atoms with E-state index in [4.69, 9.17) is 0 Å².